The van der Waals surface area contributed by atoms with E-state index in [2.05, 4.69) is 0 Å². The van der Waals surface area contributed by atoms with Crippen LogP contribution in [0.25, 0.3) is 0 Å². The largest absolute Gasteiger partial charge is 0.493 e. The lowest BCUT2D eigenvalue weighted by molar-refractivity contribution is 0.0991. The standard InChI is InChI=1S/C12H13NO3S/c1-15-9-5-7(12(13)17)6-3-4-8(14)10(6)11(9)16-2/h5H,3-4H2,1-2H3,(H2,13,17). The van der Waals surface area contributed by atoms with Gasteiger partial charge in [0, 0.05) is 12.0 Å². The highest BCUT2D eigenvalue weighted by Crippen LogP contribution is 2.40. The Hall–Kier alpha value is -1.62. The van der Waals surface area contributed by atoms with E-state index in [4.69, 9.17) is 27.4 Å². The summed E-state index contributed by atoms with van der Waals surface area (Å²) in [6.45, 7) is 0. The van der Waals surface area contributed by atoms with Crippen molar-refractivity contribution in [2.45, 2.75) is 12.8 Å². The second-order valence-electron chi connectivity index (χ2n) is 3.80. The van der Waals surface area contributed by atoms with Crippen molar-refractivity contribution in [1.82, 2.24) is 0 Å². The van der Waals surface area contributed by atoms with Crippen LogP contribution in [0.2, 0.25) is 0 Å². The molecule has 1 aromatic rings. The first kappa shape index (κ1) is 11.9. The van der Waals surface area contributed by atoms with Crippen LogP contribution in [-0.2, 0) is 6.42 Å². The third kappa shape index (κ3) is 1.76. The summed E-state index contributed by atoms with van der Waals surface area (Å²) in [7, 11) is 3.04. The highest BCUT2D eigenvalue weighted by molar-refractivity contribution is 7.80. The normalized spacial score (nSPS) is 13.4. The van der Waals surface area contributed by atoms with Crippen molar-refractivity contribution in [2.75, 3.05) is 14.2 Å². The average molecular weight is 251 g/mol. The summed E-state index contributed by atoms with van der Waals surface area (Å²) in [5.41, 5.74) is 7.82. The van der Waals surface area contributed by atoms with E-state index >= 15 is 0 Å². The first-order valence-electron chi connectivity index (χ1n) is 5.21. The minimum absolute atomic E-state index is 0.0493. The summed E-state index contributed by atoms with van der Waals surface area (Å²) in [5, 5.41) is 0. The predicted molar refractivity (Wildman–Crippen MR) is 68.1 cm³/mol. The van der Waals surface area contributed by atoms with Gasteiger partial charge in [-0.1, -0.05) is 12.2 Å². The molecule has 0 atom stereocenters. The lowest BCUT2D eigenvalue weighted by atomic mass is 10.0. The number of hydrogen-bond acceptors (Lipinski definition) is 4. The lowest BCUT2D eigenvalue weighted by Crippen LogP contribution is -2.13. The second-order valence-corrected chi connectivity index (χ2v) is 4.24. The summed E-state index contributed by atoms with van der Waals surface area (Å²) < 4.78 is 10.5. The van der Waals surface area contributed by atoms with Gasteiger partial charge in [-0.15, -0.1) is 0 Å². The van der Waals surface area contributed by atoms with E-state index in [-0.39, 0.29) is 10.8 Å². The maximum Gasteiger partial charge on any atom is 0.171 e. The molecule has 0 unspecified atom stereocenters. The van der Waals surface area contributed by atoms with Crippen molar-refractivity contribution in [3.8, 4) is 11.5 Å². The lowest BCUT2D eigenvalue weighted by Gasteiger charge is -2.14. The molecule has 0 saturated carbocycles. The topological polar surface area (TPSA) is 61.6 Å². The van der Waals surface area contributed by atoms with E-state index in [0.717, 1.165) is 5.56 Å². The minimum atomic E-state index is 0.0493. The minimum Gasteiger partial charge on any atom is -0.493 e. The molecular weight excluding hydrogens is 238 g/mol. The Labute approximate surface area is 105 Å². The van der Waals surface area contributed by atoms with Crippen molar-refractivity contribution in [2.24, 2.45) is 5.73 Å². The molecule has 0 aromatic heterocycles. The van der Waals surface area contributed by atoms with E-state index in [0.29, 0.717) is 35.5 Å². The number of carbonyl (C=O) groups is 1. The highest BCUT2D eigenvalue weighted by Gasteiger charge is 2.30. The molecule has 2 N–H and O–H groups in total. The van der Waals surface area contributed by atoms with Crippen LogP contribution in [0.4, 0.5) is 0 Å². The zero-order valence-corrected chi connectivity index (χ0v) is 10.5. The van der Waals surface area contributed by atoms with Crippen molar-refractivity contribution in [3.05, 3.63) is 22.8 Å². The molecule has 1 aliphatic rings. The van der Waals surface area contributed by atoms with Crippen LogP contribution in [0, 0.1) is 0 Å². The SMILES string of the molecule is COc1cc(C(N)=S)c2c(c1OC)C(=O)CC2. The number of carbonyl (C=O) groups excluding carboxylic acids is 1. The van der Waals surface area contributed by atoms with Gasteiger partial charge in [0.2, 0.25) is 0 Å². The molecule has 5 heteroatoms. The van der Waals surface area contributed by atoms with Crippen LogP contribution in [0.3, 0.4) is 0 Å². The molecule has 0 saturated heterocycles. The van der Waals surface area contributed by atoms with Crippen molar-refractivity contribution < 1.29 is 14.3 Å². The Morgan fingerprint density at radius 2 is 2.06 bits per heavy atom. The van der Waals surface area contributed by atoms with E-state index < -0.39 is 0 Å². The van der Waals surface area contributed by atoms with Crippen LogP contribution in [-0.4, -0.2) is 25.0 Å². The Balaban J connectivity index is 2.77. The molecule has 1 aliphatic carbocycles. The van der Waals surface area contributed by atoms with Crippen molar-refractivity contribution in [1.29, 1.82) is 0 Å². The molecule has 1 aromatic carbocycles. The fraction of sp³-hybridized carbons (Fsp3) is 0.333. The molecule has 0 aliphatic heterocycles. The number of ketones is 1. The van der Waals surface area contributed by atoms with Gasteiger partial charge in [-0.3, -0.25) is 4.79 Å². The quantitative estimate of drug-likeness (QED) is 0.824. The Bertz CT molecular complexity index is 511. The van der Waals surface area contributed by atoms with Crippen LogP contribution in [0.5, 0.6) is 11.5 Å². The van der Waals surface area contributed by atoms with Crippen molar-refractivity contribution >= 4 is 23.0 Å². The molecule has 0 bridgehead atoms. The smallest absolute Gasteiger partial charge is 0.171 e. The molecule has 0 spiro atoms. The molecule has 17 heavy (non-hydrogen) atoms. The van der Waals surface area contributed by atoms with Gasteiger partial charge in [0.25, 0.3) is 0 Å². The zero-order valence-electron chi connectivity index (χ0n) is 9.70. The summed E-state index contributed by atoms with van der Waals surface area (Å²) >= 11 is 5.00. The van der Waals surface area contributed by atoms with Gasteiger partial charge >= 0.3 is 0 Å². The number of benzene rings is 1. The monoisotopic (exact) mass is 251 g/mol. The average Bonchev–Trinajstić information content (AvgIpc) is 2.69. The third-order valence-electron chi connectivity index (χ3n) is 2.92. The number of hydrogen-bond donors (Lipinski definition) is 1. The van der Waals surface area contributed by atoms with Gasteiger partial charge in [-0.2, -0.15) is 0 Å². The number of methoxy groups -OCH3 is 2. The van der Waals surface area contributed by atoms with Gasteiger partial charge in [0.05, 0.1) is 19.8 Å². The Morgan fingerprint density at radius 1 is 1.35 bits per heavy atom. The Morgan fingerprint density at radius 3 is 2.59 bits per heavy atom. The Kier molecular flexibility index (Phi) is 3.02. The number of thiocarbonyl (C=S) groups is 1. The molecule has 0 amide bonds. The number of rotatable bonds is 3. The molecule has 4 nitrogen and oxygen atoms in total. The predicted octanol–water partition coefficient (Wildman–Crippen LogP) is 1.47. The number of Topliss-reactive ketones (excluding diaryl/α,β-unsaturated/α-hetero) is 1. The van der Waals surface area contributed by atoms with Gasteiger partial charge in [0.15, 0.2) is 17.3 Å². The number of ether oxygens (including phenoxy) is 2. The third-order valence-corrected chi connectivity index (χ3v) is 3.14. The maximum atomic E-state index is 11.9. The van der Waals surface area contributed by atoms with Crippen LogP contribution in [0.1, 0.15) is 27.9 Å². The van der Waals surface area contributed by atoms with Gasteiger partial charge in [0.1, 0.15) is 4.99 Å². The molecule has 2 rings (SSSR count). The molecule has 0 heterocycles. The van der Waals surface area contributed by atoms with Gasteiger partial charge in [-0.05, 0) is 18.1 Å². The van der Waals surface area contributed by atoms with Gasteiger partial charge in [-0.25, -0.2) is 0 Å². The van der Waals surface area contributed by atoms with E-state index in [1.54, 1.807) is 6.07 Å². The number of fused-ring (bicyclic) bond motifs is 1. The van der Waals surface area contributed by atoms with E-state index in [1.807, 2.05) is 0 Å². The van der Waals surface area contributed by atoms with E-state index in [9.17, 15) is 4.79 Å². The summed E-state index contributed by atoms with van der Waals surface area (Å²) in [6.07, 6.45) is 1.12. The summed E-state index contributed by atoms with van der Waals surface area (Å²) in [4.78, 5) is 12.1. The van der Waals surface area contributed by atoms with Crippen LogP contribution >= 0.6 is 12.2 Å². The fourth-order valence-electron chi connectivity index (χ4n) is 2.17. The maximum absolute atomic E-state index is 11.9. The summed E-state index contributed by atoms with van der Waals surface area (Å²) in [5.74, 6) is 1.02. The summed E-state index contributed by atoms with van der Waals surface area (Å²) in [6, 6.07) is 1.73. The zero-order chi connectivity index (χ0) is 12.6. The molecule has 0 radical (unpaired) electrons. The fourth-order valence-corrected chi connectivity index (χ4v) is 2.35. The van der Waals surface area contributed by atoms with Crippen molar-refractivity contribution in [3.63, 3.8) is 0 Å². The van der Waals surface area contributed by atoms with Crippen LogP contribution < -0.4 is 15.2 Å². The molecule has 0 fully saturated rings. The van der Waals surface area contributed by atoms with E-state index in [1.165, 1.54) is 14.2 Å². The number of nitrogens with two attached hydrogens (primary N) is 1. The van der Waals surface area contributed by atoms with Gasteiger partial charge < -0.3 is 15.2 Å². The van der Waals surface area contributed by atoms with Crippen LogP contribution in [0.15, 0.2) is 6.07 Å². The molecular formula is C12H13NO3S. The first-order chi connectivity index (χ1) is 8.10. The first-order valence-corrected chi connectivity index (χ1v) is 5.61. The molecule has 90 valence electrons. The second kappa shape index (κ2) is 4.33. The highest BCUT2D eigenvalue weighted by atomic mass is 32.1.